The van der Waals surface area contributed by atoms with Crippen molar-refractivity contribution >= 4 is 23.3 Å². The van der Waals surface area contributed by atoms with E-state index in [9.17, 15) is 9.18 Å². The third-order valence-electron chi connectivity index (χ3n) is 3.47. The lowest BCUT2D eigenvalue weighted by Crippen LogP contribution is -2.30. The molecule has 1 amide bonds. The molecule has 0 atom stereocenters. The standard InChI is InChI=1S/C17H16FNOS/c18-14-6-3-13(4-7-14)5-10-17(20)19(15-8-9-15)12-16-2-1-11-21-16/h1-7,10-11,15H,8-9,12H2/b10-5+. The van der Waals surface area contributed by atoms with Gasteiger partial charge in [0.15, 0.2) is 0 Å². The number of hydrogen-bond donors (Lipinski definition) is 0. The van der Waals surface area contributed by atoms with E-state index in [-0.39, 0.29) is 11.7 Å². The molecule has 2 nitrogen and oxygen atoms in total. The van der Waals surface area contributed by atoms with Crippen LogP contribution in [0.1, 0.15) is 23.3 Å². The van der Waals surface area contributed by atoms with E-state index < -0.39 is 0 Å². The van der Waals surface area contributed by atoms with Gasteiger partial charge in [0.25, 0.3) is 0 Å². The van der Waals surface area contributed by atoms with Crippen molar-refractivity contribution in [3.05, 3.63) is 64.1 Å². The highest BCUT2D eigenvalue weighted by atomic mass is 32.1. The molecule has 0 radical (unpaired) electrons. The smallest absolute Gasteiger partial charge is 0.247 e. The van der Waals surface area contributed by atoms with Crippen molar-refractivity contribution in [3.63, 3.8) is 0 Å². The van der Waals surface area contributed by atoms with Gasteiger partial charge in [-0.15, -0.1) is 11.3 Å². The maximum Gasteiger partial charge on any atom is 0.247 e. The van der Waals surface area contributed by atoms with Crippen molar-refractivity contribution in [1.29, 1.82) is 0 Å². The van der Waals surface area contributed by atoms with Crippen LogP contribution in [0.2, 0.25) is 0 Å². The Morgan fingerprint density at radius 3 is 2.67 bits per heavy atom. The quantitative estimate of drug-likeness (QED) is 0.762. The fourth-order valence-electron chi connectivity index (χ4n) is 2.18. The molecule has 0 N–H and O–H groups in total. The topological polar surface area (TPSA) is 20.3 Å². The number of halogens is 1. The predicted octanol–water partition coefficient (Wildman–Crippen LogP) is 4.09. The number of benzene rings is 1. The summed E-state index contributed by atoms with van der Waals surface area (Å²) in [6, 6.07) is 10.6. The van der Waals surface area contributed by atoms with Gasteiger partial charge in [0.05, 0.1) is 6.54 Å². The van der Waals surface area contributed by atoms with E-state index in [0.29, 0.717) is 12.6 Å². The van der Waals surface area contributed by atoms with Gasteiger partial charge in [-0.3, -0.25) is 4.79 Å². The van der Waals surface area contributed by atoms with Gasteiger partial charge in [-0.25, -0.2) is 4.39 Å². The average molecular weight is 301 g/mol. The summed E-state index contributed by atoms with van der Waals surface area (Å²) in [6.07, 6.45) is 5.49. The normalized spacial score (nSPS) is 14.5. The number of hydrogen-bond acceptors (Lipinski definition) is 2. The molecule has 0 bridgehead atoms. The summed E-state index contributed by atoms with van der Waals surface area (Å²) in [5, 5.41) is 2.03. The largest absolute Gasteiger partial charge is 0.331 e. The molecule has 0 aliphatic heterocycles. The predicted molar refractivity (Wildman–Crippen MR) is 83.3 cm³/mol. The van der Waals surface area contributed by atoms with Crippen LogP contribution < -0.4 is 0 Å². The molecule has 108 valence electrons. The zero-order valence-electron chi connectivity index (χ0n) is 11.5. The number of nitrogens with zero attached hydrogens (tertiary/aromatic N) is 1. The molecule has 1 aromatic carbocycles. The SMILES string of the molecule is O=C(/C=C/c1ccc(F)cc1)N(Cc1cccs1)C1CC1. The van der Waals surface area contributed by atoms with E-state index in [1.165, 1.54) is 17.0 Å². The first-order valence-electron chi connectivity index (χ1n) is 6.99. The fourth-order valence-corrected chi connectivity index (χ4v) is 2.88. The summed E-state index contributed by atoms with van der Waals surface area (Å²) in [5.74, 6) is -0.244. The summed E-state index contributed by atoms with van der Waals surface area (Å²) in [4.78, 5) is 15.5. The molecule has 1 saturated carbocycles. The lowest BCUT2D eigenvalue weighted by molar-refractivity contribution is -0.127. The number of carbonyl (C=O) groups is 1. The van der Waals surface area contributed by atoms with Crippen molar-refractivity contribution in [2.45, 2.75) is 25.4 Å². The molecule has 0 unspecified atom stereocenters. The average Bonchev–Trinajstić information content (AvgIpc) is 3.20. The van der Waals surface area contributed by atoms with Gasteiger partial charge >= 0.3 is 0 Å². The van der Waals surface area contributed by atoms with Crippen LogP contribution in [0.3, 0.4) is 0 Å². The molecular formula is C17H16FNOS. The van der Waals surface area contributed by atoms with Crippen molar-refractivity contribution in [1.82, 2.24) is 4.90 Å². The Kier molecular flexibility index (Phi) is 4.15. The first-order chi connectivity index (χ1) is 10.2. The van der Waals surface area contributed by atoms with E-state index in [4.69, 9.17) is 0 Å². The van der Waals surface area contributed by atoms with Gasteiger partial charge in [-0.2, -0.15) is 0 Å². The van der Waals surface area contributed by atoms with Crippen LogP contribution in [-0.4, -0.2) is 16.8 Å². The van der Waals surface area contributed by atoms with Crippen LogP contribution in [0, 0.1) is 5.82 Å². The Bertz CT molecular complexity index is 629. The Morgan fingerprint density at radius 2 is 2.05 bits per heavy atom. The summed E-state index contributed by atoms with van der Waals surface area (Å²) >= 11 is 1.67. The number of rotatable bonds is 5. The zero-order valence-corrected chi connectivity index (χ0v) is 12.4. The lowest BCUT2D eigenvalue weighted by Gasteiger charge is -2.19. The highest BCUT2D eigenvalue weighted by molar-refractivity contribution is 7.09. The summed E-state index contributed by atoms with van der Waals surface area (Å²) < 4.78 is 12.8. The Hall–Kier alpha value is -1.94. The third kappa shape index (κ3) is 3.79. The van der Waals surface area contributed by atoms with Crippen molar-refractivity contribution in [3.8, 4) is 0 Å². The molecule has 0 spiro atoms. The molecule has 1 aliphatic carbocycles. The minimum Gasteiger partial charge on any atom is -0.331 e. The van der Waals surface area contributed by atoms with Gasteiger partial charge < -0.3 is 4.90 Å². The van der Waals surface area contributed by atoms with E-state index in [0.717, 1.165) is 18.4 Å². The zero-order chi connectivity index (χ0) is 14.7. The molecular weight excluding hydrogens is 285 g/mol. The molecule has 1 aromatic heterocycles. The highest BCUT2D eigenvalue weighted by Gasteiger charge is 2.31. The van der Waals surface area contributed by atoms with Crippen molar-refractivity contribution < 1.29 is 9.18 Å². The number of thiophene rings is 1. The molecule has 4 heteroatoms. The Balaban J connectivity index is 1.68. The van der Waals surface area contributed by atoms with E-state index in [1.807, 2.05) is 16.3 Å². The van der Waals surface area contributed by atoms with Crippen LogP contribution in [0.4, 0.5) is 4.39 Å². The van der Waals surface area contributed by atoms with E-state index >= 15 is 0 Å². The van der Waals surface area contributed by atoms with Crippen molar-refractivity contribution in [2.75, 3.05) is 0 Å². The molecule has 1 heterocycles. The molecule has 3 rings (SSSR count). The van der Waals surface area contributed by atoms with Crippen LogP contribution in [0.5, 0.6) is 0 Å². The molecule has 2 aromatic rings. The minimum absolute atomic E-state index is 0.0234. The maximum atomic E-state index is 12.8. The Morgan fingerprint density at radius 1 is 1.29 bits per heavy atom. The second-order valence-corrected chi connectivity index (χ2v) is 6.19. The van der Waals surface area contributed by atoms with Gasteiger partial charge in [0.2, 0.25) is 5.91 Å². The highest BCUT2D eigenvalue weighted by Crippen LogP contribution is 2.29. The van der Waals surface area contributed by atoms with Crippen LogP contribution >= 0.6 is 11.3 Å². The number of amides is 1. The van der Waals surface area contributed by atoms with Crippen molar-refractivity contribution in [2.24, 2.45) is 0 Å². The van der Waals surface area contributed by atoms with Crippen LogP contribution in [0.25, 0.3) is 6.08 Å². The van der Waals surface area contributed by atoms with Crippen LogP contribution in [-0.2, 0) is 11.3 Å². The molecule has 1 fully saturated rings. The van der Waals surface area contributed by atoms with Gasteiger partial charge in [0, 0.05) is 17.0 Å². The van der Waals surface area contributed by atoms with Gasteiger partial charge in [-0.05, 0) is 48.1 Å². The second-order valence-electron chi connectivity index (χ2n) is 5.16. The fraction of sp³-hybridized carbons (Fsp3) is 0.235. The van der Waals surface area contributed by atoms with Gasteiger partial charge in [-0.1, -0.05) is 18.2 Å². The monoisotopic (exact) mass is 301 g/mol. The maximum absolute atomic E-state index is 12.8. The summed E-state index contributed by atoms with van der Waals surface area (Å²) in [5.41, 5.74) is 0.830. The first kappa shape index (κ1) is 14.0. The molecule has 21 heavy (non-hydrogen) atoms. The van der Waals surface area contributed by atoms with Gasteiger partial charge in [0.1, 0.15) is 5.82 Å². The second kappa shape index (κ2) is 6.22. The van der Waals surface area contributed by atoms with E-state index in [2.05, 4.69) is 6.07 Å². The third-order valence-corrected chi connectivity index (χ3v) is 4.33. The Labute approximate surface area is 127 Å². The first-order valence-corrected chi connectivity index (χ1v) is 7.87. The van der Waals surface area contributed by atoms with E-state index in [1.54, 1.807) is 35.6 Å². The molecule has 0 saturated heterocycles. The number of carbonyl (C=O) groups excluding carboxylic acids is 1. The summed E-state index contributed by atoms with van der Waals surface area (Å²) in [7, 11) is 0. The lowest BCUT2D eigenvalue weighted by atomic mass is 10.2. The molecule has 1 aliphatic rings. The van der Waals surface area contributed by atoms with Crippen LogP contribution in [0.15, 0.2) is 47.9 Å². The minimum atomic E-state index is -0.268. The summed E-state index contributed by atoms with van der Waals surface area (Å²) in [6.45, 7) is 0.676.